The molecule has 0 aliphatic carbocycles. The van der Waals surface area contributed by atoms with Gasteiger partial charge in [-0.15, -0.1) is 0 Å². The second kappa shape index (κ2) is 4.18. The van der Waals surface area contributed by atoms with Crippen LogP contribution < -0.4 is 4.90 Å². The van der Waals surface area contributed by atoms with Crippen LogP contribution in [0.5, 0.6) is 0 Å². The van der Waals surface area contributed by atoms with Crippen molar-refractivity contribution in [2.45, 2.75) is 26.4 Å². The Kier molecular flexibility index (Phi) is 2.84. The largest absolute Gasteiger partial charge is 0.386 e. The predicted octanol–water partition coefficient (Wildman–Crippen LogP) is 1.45. The van der Waals surface area contributed by atoms with Gasteiger partial charge in [0.15, 0.2) is 0 Å². The van der Waals surface area contributed by atoms with E-state index in [1.807, 2.05) is 12.1 Å². The maximum atomic E-state index is 9.92. The normalized spacial score (nSPS) is 22.2. The number of pyridine rings is 1. The van der Waals surface area contributed by atoms with Crippen molar-refractivity contribution in [1.82, 2.24) is 9.88 Å². The highest BCUT2D eigenvalue weighted by atomic mass is 16.3. The first kappa shape index (κ1) is 12.9. The van der Waals surface area contributed by atoms with Gasteiger partial charge in [0.1, 0.15) is 5.82 Å². The van der Waals surface area contributed by atoms with Crippen LogP contribution in [0.15, 0.2) is 18.3 Å². The molecule has 1 aromatic heterocycles. The Morgan fingerprint density at radius 1 is 1.26 bits per heavy atom. The molecule has 0 bridgehead atoms. The van der Waals surface area contributed by atoms with E-state index in [2.05, 4.69) is 21.7 Å². The van der Waals surface area contributed by atoms with E-state index >= 15 is 0 Å². The Morgan fingerprint density at radius 3 is 2.42 bits per heavy atom. The fourth-order valence-electron chi connectivity index (χ4n) is 3.19. The SMILES string of the molecule is CCN1CC2(C1)CN(c1ccc(C(C)(C)O)cn1)C2. The minimum absolute atomic E-state index is 0.534. The summed E-state index contributed by atoms with van der Waals surface area (Å²) in [5.74, 6) is 1.04. The van der Waals surface area contributed by atoms with E-state index < -0.39 is 5.60 Å². The third-order valence-corrected chi connectivity index (χ3v) is 4.40. The van der Waals surface area contributed by atoms with Gasteiger partial charge < -0.3 is 14.9 Å². The molecule has 2 fully saturated rings. The van der Waals surface area contributed by atoms with Crippen molar-refractivity contribution in [3.05, 3.63) is 23.9 Å². The molecular formula is C15H23N3O. The lowest BCUT2D eigenvalue weighted by molar-refractivity contribution is -0.0181. The minimum atomic E-state index is -0.808. The molecule has 1 aromatic rings. The Balaban J connectivity index is 1.61. The monoisotopic (exact) mass is 261 g/mol. The topological polar surface area (TPSA) is 39.6 Å². The number of hydrogen-bond acceptors (Lipinski definition) is 4. The number of likely N-dealkylation sites (tertiary alicyclic amines) is 1. The molecule has 4 heteroatoms. The number of rotatable bonds is 3. The van der Waals surface area contributed by atoms with Gasteiger partial charge in [0.25, 0.3) is 0 Å². The Bertz CT molecular complexity index is 449. The average Bonchev–Trinajstić information content (AvgIpc) is 2.25. The predicted molar refractivity (Wildman–Crippen MR) is 76.2 cm³/mol. The van der Waals surface area contributed by atoms with Crippen molar-refractivity contribution >= 4 is 5.82 Å². The molecule has 0 atom stereocenters. The van der Waals surface area contributed by atoms with Crippen molar-refractivity contribution in [2.24, 2.45) is 5.41 Å². The van der Waals surface area contributed by atoms with Gasteiger partial charge in [0.05, 0.1) is 5.60 Å². The third kappa shape index (κ3) is 2.23. The van der Waals surface area contributed by atoms with Crippen LogP contribution in [-0.4, -0.2) is 47.7 Å². The van der Waals surface area contributed by atoms with E-state index in [-0.39, 0.29) is 0 Å². The number of anilines is 1. The van der Waals surface area contributed by atoms with Crippen LogP contribution in [0, 0.1) is 5.41 Å². The van der Waals surface area contributed by atoms with Crippen molar-refractivity contribution < 1.29 is 5.11 Å². The van der Waals surface area contributed by atoms with Crippen LogP contribution in [0.3, 0.4) is 0 Å². The molecule has 1 N–H and O–H groups in total. The lowest BCUT2D eigenvalue weighted by Gasteiger charge is -2.60. The van der Waals surface area contributed by atoms with Gasteiger partial charge in [-0.2, -0.15) is 0 Å². The van der Waals surface area contributed by atoms with Gasteiger partial charge in [-0.25, -0.2) is 4.98 Å². The van der Waals surface area contributed by atoms with Crippen LogP contribution in [0.1, 0.15) is 26.3 Å². The van der Waals surface area contributed by atoms with Gasteiger partial charge in [0.2, 0.25) is 0 Å². The standard InChI is InChI=1S/C15H23N3O/c1-4-17-8-15(9-17)10-18(11-15)13-6-5-12(7-16-13)14(2,3)19/h5-7,19H,4,8-11H2,1-3H3. The van der Waals surface area contributed by atoms with Crippen molar-refractivity contribution in [3.63, 3.8) is 0 Å². The van der Waals surface area contributed by atoms with E-state index in [1.54, 1.807) is 20.0 Å². The van der Waals surface area contributed by atoms with Gasteiger partial charge in [-0.3, -0.25) is 0 Å². The van der Waals surface area contributed by atoms with Crippen molar-refractivity contribution in [2.75, 3.05) is 37.6 Å². The zero-order valence-electron chi connectivity index (χ0n) is 12.1. The number of nitrogens with zero attached hydrogens (tertiary/aromatic N) is 3. The summed E-state index contributed by atoms with van der Waals surface area (Å²) in [4.78, 5) is 9.31. The van der Waals surface area contributed by atoms with E-state index in [4.69, 9.17) is 0 Å². The average molecular weight is 261 g/mol. The van der Waals surface area contributed by atoms with Gasteiger partial charge in [0, 0.05) is 43.4 Å². The Labute approximate surface area is 115 Å². The number of hydrogen-bond donors (Lipinski definition) is 1. The summed E-state index contributed by atoms with van der Waals surface area (Å²) < 4.78 is 0. The van der Waals surface area contributed by atoms with Crippen LogP contribution in [-0.2, 0) is 5.60 Å². The molecule has 0 unspecified atom stereocenters. The van der Waals surface area contributed by atoms with Crippen LogP contribution >= 0.6 is 0 Å². The summed E-state index contributed by atoms with van der Waals surface area (Å²) in [5.41, 5.74) is 0.594. The molecule has 2 aliphatic heterocycles. The van der Waals surface area contributed by atoms with E-state index in [1.165, 1.54) is 19.6 Å². The highest BCUT2D eigenvalue weighted by Crippen LogP contribution is 2.41. The van der Waals surface area contributed by atoms with Crippen molar-refractivity contribution in [3.8, 4) is 0 Å². The molecule has 19 heavy (non-hydrogen) atoms. The maximum Gasteiger partial charge on any atom is 0.128 e. The molecule has 0 saturated carbocycles. The second-order valence-electron chi connectivity index (χ2n) is 6.62. The van der Waals surface area contributed by atoms with Crippen LogP contribution in [0.25, 0.3) is 0 Å². The summed E-state index contributed by atoms with van der Waals surface area (Å²) in [5, 5.41) is 9.92. The van der Waals surface area contributed by atoms with E-state index in [0.717, 1.165) is 24.5 Å². The summed E-state index contributed by atoms with van der Waals surface area (Å²) in [6.07, 6.45) is 1.79. The van der Waals surface area contributed by atoms with Crippen LogP contribution in [0.4, 0.5) is 5.82 Å². The zero-order chi connectivity index (χ0) is 13.7. The molecule has 0 amide bonds. The minimum Gasteiger partial charge on any atom is -0.386 e. The second-order valence-corrected chi connectivity index (χ2v) is 6.62. The summed E-state index contributed by atoms with van der Waals surface area (Å²) in [6.45, 7) is 11.7. The summed E-state index contributed by atoms with van der Waals surface area (Å²) in [6, 6.07) is 4.00. The summed E-state index contributed by atoms with van der Waals surface area (Å²) in [7, 11) is 0. The van der Waals surface area contributed by atoms with E-state index in [9.17, 15) is 5.11 Å². The summed E-state index contributed by atoms with van der Waals surface area (Å²) >= 11 is 0. The molecule has 4 nitrogen and oxygen atoms in total. The molecule has 3 heterocycles. The fourth-order valence-corrected chi connectivity index (χ4v) is 3.19. The van der Waals surface area contributed by atoms with Gasteiger partial charge in [-0.1, -0.05) is 13.0 Å². The number of aliphatic hydroxyl groups is 1. The zero-order valence-corrected chi connectivity index (χ0v) is 12.1. The molecule has 2 saturated heterocycles. The molecule has 2 aliphatic rings. The lowest BCUT2D eigenvalue weighted by atomic mass is 9.73. The van der Waals surface area contributed by atoms with Crippen LogP contribution in [0.2, 0.25) is 0 Å². The molecule has 1 spiro atoms. The van der Waals surface area contributed by atoms with Gasteiger partial charge in [-0.05, 0) is 26.5 Å². The Hall–Kier alpha value is -1.13. The number of aromatic nitrogens is 1. The fraction of sp³-hybridized carbons (Fsp3) is 0.667. The highest BCUT2D eigenvalue weighted by Gasteiger charge is 2.51. The Morgan fingerprint density at radius 2 is 1.95 bits per heavy atom. The molecule has 0 aromatic carbocycles. The quantitative estimate of drug-likeness (QED) is 0.894. The van der Waals surface area contributed by atoms with Crippen molar-refractivity contribution in [1.29, 1.82) is 0 Å². The lowest BCUT2D eigenvalue weighted by Crippen LogP contribution is -2.72. The molecule has 3 rings (SSSR count). The molecule has 0 radical (unpaired) electrons. The van der Waals surface area contributed by atoms with E-state index in [0.29, 0.717) is 5.41 Å². The first-order valence-corrected chi connectivity index (χ1v) is 7.08. The van der Waals surface area contributed by atoms with Gasteiger partial charge >= 0.3 is 0 Å². The third-order valence-electron chi connectivity index (χ3n) is 4.40. The first-order valence-electron chi connectivity index (χ1n) is 7.08. The first-order chi connectivity index (χ1) is 8.92. The smallest absolute Gasteiger partial charge is 0.128 e. The highest BCUT2D eigenvalue weighted by molar-refractivity contribution is 5.45. The maximum absolute atomic E-state index is 9.92. The molecular weight excluding hydrogens is 238 g/mol. The molecule has 104 valence electrons.